The molecule has 1 aromatic carbocycles. The molecule has 0 fully saturated rings. The molecule has 0 aliphatic rings. The lowest BCUT2D eigenvalue weighted by atomic mass is 10.2. The van der Waals surface area contributed by atoms with E-state index in [-0.39, 0.29) is 11.5 Å². The summed E-state index contributed by atoms with van der Waals surface area (Å²) in [4.78, 5) is 2.35. The number of nitrogens with zero attached hydrogens (tertiary/aromatic N) is 1. The van der Waals surface area contributed by atoms with Crippen molar-refractivity contribution in [3.63, 3.8) is 0 Å². The third-order valence-corrected chi connectivity index (χ3v) is 4.18. The van der Waals surface area contributed by atoms with E-state index < -0.39 is 10.0 Å². The quantitative estimate of drug-likeness (QED) is 0.770. The molecule has 0 unspecified atom stereocenters. The monoisotopic (exact) mass is 272 g/mol. The van der Waals surface area contributed by atoms with Gasteiger partial charge in [0, 0.05) is 25.4 Å². The van der Waals surface area contributed by atoms with Gasteiger partial charge in [-0.25, -0.2) is 13.1 Å². The number of hydrogen-bond acceptors (Lipinski definition) is 4. The molecule has 0 spiro atoms. The first-order chi connectivity index (χ1) is 8.55. The van der Waals surface area contributed by atoms with Crippen molar-refractivity contribution >= 4 is 15.7 Å². The summed E-state index contributed by atoms with van der Waals surface area (Å²) in [6, 6.07) is 6.74. The van der Waals surface area contributed by atoms with Gasteiger partial charge in [0.25, 0.3) is 0 Å². The number of benzene rings is 1. The van der Waals surface area contributed by atoms with Gasteiger partial charge in [0.1, 0.15) is 0 Å². The predicted octanol–water partition coefficient (Wildman–Crippen LogP) is 0.803. The highest BCUT2D eigenvalue weighted by Crippen LogP contribution is 2.17. The molecule has 0 amide bonds. The molecule has 1 aromatic rings. The second-order valence-electron chi connectivity index (χ2n) is 3.86. The van der Waals surface area contributed by atoms with Crippen LogP contribution in [0.25, 0.3) is 0 Å². The molecule has 0 radical (unpaired) electrons. The Bertz CT molecular complexity index is 457. The van der Waals surface area contributed by atoms with Crippen molar-refractivity contribution in [3.05, 3.63) is 24.3 Å². The van der Waals surface area contributed by atoms with Gasteiger partial charge in [-0.1, -0.05) is 0 Å². The van der Waals surface area contributed by atoms with Crippen LogP contribution in [0.1, 0.15) is 13.3 Å². The molecule has 2 N–H and O–H groups in total. The molecule has 0 saturated carbocycles. The molecular weight excluding hydrogens is 252 g/mol. The number of rotatable bonds is 7. The van der Waals surface area contributed by atoms with Gasteiger partial charge in [0.05, 0.1) is 4.90 Å². The third kappa shape index (κ3) is 3.69. The highest BCUT2D eigenvalue weighted by molar-refractivity contribution is 7.89. The summed E-state index contributed by atoms with van der Waals surface area (Å²) < 4.78 is 25.4. The zero-order valence-corrected chi connectivity index (χ0v) is 11.6. The normalized spacial score (nSPS) is 11.5. The van der Waals surface area contributed by atoms with Gasteiger partial charge < -0.3 is 10.0 Å². The number of anilines is 1. The van der Waals surface area contributed by atoms with Crippen LogP contribution in [0.3, 0.4) is 0 Å². The number of aliphatic hydroxyl groups is 1. The maximum Gasteiger partial charge on any atom is 0.240 e. The van der Waals surface area contributed by atoms with E-state index in [2.05, 4.69) is 9.62 Å². The first kappa shape index (κ1) is 14.9. The Morgan fingerprint density at radius 3 is 2.33 bits per heavy atom. The zero-order chi connectivity index (χ0) is 13.6. The van der Waals surface area contributed by atoms with Gasteiger partial charge in [0.15, 0.2) is 0 Å². The molecule has 0 atom stereocenters. The van der Waals surface area contributed by atoms with Gasteiger partial charge in [-0.15, -0.1) is 0 Å². The highest BCUT2D eigenvalue weighted by atomic mass is 32.2. The minimum absolute atomic E-state index is 0.155. The highest BCUT2D eigenvalue weighted by Gasteiger charge is 2.11. The smallest absolute Gasteiger partial charge is 0.240 e. The van der Waals surface area contributed by atoms with E-state index in [1.54, 1.807) is 24.3 Å². The van der Waals surface area contributed by atoms with Crippen LogP contribution in [0, 0.1) is 0 Å². The molecule has 6 heteroatoms. The Hall–Kier alpha value is -1.11. The van der Waals surface area contributed by atoms with Crippen molar-refractivity contribution in [2.45, 2.75) is 18.2 Å². The first-order valence-electron chi connectivity index (χ1n) is 5.94. The fourth-order valence-corrected chi connectivity index (χ4v) is 2.42. The predicted molar refractivity (Wildman–Crippen MR) is 72.3 cm³/mol. The van der Waals surface area contributed by atoms with Crippen LogP contribution >= 0.6 is 0 Å². The molecule has 0 saturated heterocycles. The zero-order valence-electron chi connectivity index (χ0n) is 10.8. The van der Waals surface area contributed by atoms with Crippen LogP contribution in [0.2, 0.25) is 0 Å². The SMILES string of the molecule is CCN(CCCO)c1ccc(S(=O)(=O)NC)cc1. The van der Waals surface area contributed by atoms with Crippen molar-refractivity contribution in [2.75, 3.05) is 31.6 Å². The summed E-state index contributed by atoms with van der Waals surface area (Å²) in [6.45, 7) is 3.75. The minimum atomic E-state index is -3.37. The maximum absolute atomic E-state index is 11.6. The van der Waals surface area contributed by atoms with Crippen molar-refractivity contribution in [1.29, 1.82) is 0 Å². The molecule has 5 nitrogen and oxygen atoms in total. The van der Waals surface area contributed by atoms with Crippen molar-refractivity contribution < 1.29 is 13.5 Å². The standard InChI is InChI=1S/C12H20N2O3S/c1-3-14(9-4-10-15)11-5-7-12(8-6-11)18(16,17)13-2/h5-8,13,15H,3-4,9-10H2,1-2H3. The molecule has 0 aliphatic heterocycles. The lowest BCUT2D eigenvalue weighted by molar-refractivity contribution is 0.289. The molecule has 18 heavy (non-hydrogen) atoms. The molecule has 0 aliphatic carbocycles. The van der Waals surface area contributed by atoms with Crippen LogP contribution in [-0.4, -0.2) is 40.3 Å². The number of aliphatic hydroxyl groups excluding tert-OH is 1. The maximum atomic E-state index is 11.6. The fraction of sp³-hybridized carbons (Fsp3) is 0.500. The molecular formula is C12H20N2O3S. The first-order valence-corrected chi connectivity index (χ1v) is 7.43. The Balaban J connectivity index is 2.87. The largest absolute Gasteiger partial charge is 0.396 e. The van der Waals surface area contributed by atoms with E-state index in [4.69, 9.17) is 5.11 Å². The molecule has 0 bridgehead atoms. The molecule has 102 valence electrons. The number of sulfonamides is 1. The van der Waals surface area contributed by atoms with Gasteiger partial charge >= 0.3 is 0 Å². The van der Waals surface area contributed by atoms with E-state index in [1.807, 2.05) is 6.92 Å². The van der Waals surface area contributed by atoms with Crippen LogP contribution in [-0.2, 0) is 10.0 Å². The van der Waals surface area contributed by atoms with Crippen LogP contribution in [0.5, 0.6) is 0 Å². The second-order valence-corrected chi connectivity index (χ2v) is 5.74. The average Bonchev–Trinajstić information content (AvgIpc) is 2.40. The van der Waals surface area contributed by atoms with Crippen LogP contribution in [0.15, 0.2) is 29.2 Å². The van der Waals surface area contributed by atoms with Crippen molar-refractivity contribution in [1.82, 2.24) is 4.72 Å². The molecule has 1 rings (SSSR count). The molecule has 0 heterocycles. The van der Waals surface area contributed by atoms with E-state index in [9.17, 15) is 8.42 Å². The van der Waals surface area contributed by atoms with E-state index in [1.165, 1.54) is 7.05 Å². The summed E-state index contributed by atoms with van der Waals surface area (Å²) in [5.41, 5.74) is 0.959. The van der Waals surface area contributed by atoms with Crippen LogP contribution in [0.4, 0.5) is 5.69 Å². The van der Waals surface area contributed by atoms with E-state index in [0.717, 1.165) is 18.8 Å². The van der Waals surface area contributed by atoms with Gasteiger partial charge in [-0.3, -0.25) is 0 Å². The average molecular weight is 272 g/mol. The Kier molecular flexibility index (Phi) is 5.58. The summed E-state index contributed by atoms with van der Waals surface area (Å²) in [7, 11) is -1.98. The van der Waals surface area contributed by atoms with Gasteiger partial charge in [-0.2, -0.15) is 0 Å². The van der Waals surface area contributed by atoms with Crippen LogP contribution < -0.4 is 9.62 Å². The Labute approximate surface area is 108 Å². The lowest BCUT2D eigenvalue weighted by Crippen LogP contribution is -2.24. The summed E-state index contributed by atoms with van der Waals surface area (Å²) in [6.07, 6.45) is 0.699. The second kappa shape index (κ2) is 6.72. The molecule has 0 aromatic heterocycles. The Morgan fingerprint density at radius 2 is 1.89 bits per heavy atom. The van der Waals surface area contributed by atoms with Crippen molar-refractivity contribution in [2.24, 2.45) is 0 Å². The van der Waals surface area contributed by atoms with Gasteiger partial charge in [-0.05, 0) is 44.7 Å². The summed E-state index contributed by atoms with van der Waals surface area (Å²) in [5.74, 6) is 0. The third-order valence-electron chi connectivity index (χ3n) is 2.75. The minimum Gasteiger partial charge on any atom is -0.396 e. The summed E-state index contributed by atoms with van der Waals surface area (Å²) >= 11 is 0. The number of hydrogen-bond donors (Lipinski definition) is 2. The van der Waals surface area contributed by atoms with E-state index >= 15 is 0 Å². The number of nitrogens with one attached hydrogen (secondary N) is 1. The van der Waals surface area contributed by atoms with Gasteiger partial charge in [0.2, 0.25) is 10.0 Å². The fourth-order valence-electron chi connectivity index (χ4n) is 1.69. The summed E-state index contributed by atoms with van der Waals surface area (Å²) in [5, 5.41) is 8.83. The van der Waals surface area contributed by atoms with E-state index in [0.29, 0.717) is 6.42 Å². The lowest BCUT2D eigenvalue weighted by Gasteiger charge is -2.22. The van der Waals surface area contributed by atoms with Crippen molar-refractivity contribution in [3.8, 4) is 0 Å². The topological polar surface area (TPSA) is 69.6 Å². The Morgan fingerprint density at radius 1 is 1.28 bits per heavy atom.